The van der Waals surface area contributed by atoms with Crippen molar-refractivity contribution in [3.63, 3.8) is 0 Å². The van der Waals surface area contributed by atoms with Gasteiger partial charge < -0.3 is 9.73 Å². The average molecular weight is 314 g/mol. The third kappa shape index (κ3) is 4.31. The fraction of sp³-hybridized carbons (Fsp3) is 0.733. The predicted molar refractivity (Wildman–Crippen MR) is 83.7 cm³/mol. The molecule has 1 aromatic heterocycles. The smallest absolute Gasteiger partial charge is 0.211 e. The van der Waals surface area contributed by atoms with E-state index in [4.69, 9.17) is 4.42 Å². The van der Waals surface area contributed by atoms with Gasteiger partial charge in [-0.3, -0.25) is 0 Å². The first-order valence-corrected chi connectivity index (χ1v) is 9.37. The van der Waals surface area contributed by atoms with Gasteiger partial charge in [0.1, 0.15) is 11.5 Å². The molecule has 21 heavy (non-hydrogen) atoms. The molecule has 0 aromatic carbocycles. The maximum atomic E-state index is 11.6. The topological polar surface area (TPSA) is 62.6 Å². The van der Waals surface area contributed by atoms with Gasteiger partial charge in [0.15, 0.2) is 0 Å². The van der Waals surface area contributed by atoms with E-state index in [1.165, 1.54) is 11.8 Å². The molecule has 1 N–H and O–H groups in total. The lowest BCUT2D eigenvalue weighted by atomic mass is 9.99. The molecule has 0 saturated carbocycles. The minimum absolute atomic E-state index is 0.219. The SMILES string of the molecule is Cc1cc(C(C)NCC2CCCN(S(C)(=O)=O)C2)c(C)o1. The maximum absolute atomic E-state index is 11.6. The van der Waals surface area contributed by atoms with Gasteiger partial charge in [-0.05, 0) is 52.1 Å². The minimum Gasteiger partial charge on any atom is -0.466 e. The summed E-state index contributed by atoms with van der Waals surface area (Å²) in [6.07, 6.45) is 3.32. The quantitative estimate of drug-likeness (QED) is 0.905. The Hall–Kier alpha value is -0.850. The number of nitrogens with zero attached hydrogens (tertiary/aromatic N) is 1. The molecule has 5 nitrogen and oxygen atoms in total. The van der Waals surface area contributed by atoms with Gasteiger partial charge in [-0.25, -0.2) is 12.7 Å². The van der Waals surface area contributed by atoms with Crippen molar-refractivity contribution >= 4 is 10.0 Å². The molecule has 2 rings (SSSR count). The molecule has 1 saturated heterocycles. The zero-order valence-electron chi connectivity index (χ0n) is 13.3. The molecule has 1 aliphatic rings. The molecule has 1 aliphatic heterocycles. The number of hydrogen-bond acceptors (Lipinski definition) is 4. The van der Waals surface area contributed by atoms with E-state index in [1.807, 2.05) is 13.8 Å². The van der Waals surface area contributed by atoms with Crippen LogP contribution in [-0.2, 0) is 10.0 Å². The maximum Gasteiger partial charge on any atom is 0.211 e. The largest absolute Gasteiger partial charge is 0.466 e. The van der Waals surface area contributed by atoms with Gasteiger partial charge in [0.2, 0.25) is 10.0 Å². The molecule has 6 heteroatoms. The first-order valence-electron chi connectivity index (χ1n) is 7.53. The zero-order valence-corrected chi connectivity index (χ0v) is 14.2. The number of sulfonamides is 1. The monoisotopic (exact) mass is 314 g/mol. The van der Waals surface area contributed by atoms with Crippen molar-refractivity contribution in [1.82, 2.24) is 9.62 Å². The lowest BCUT2D eigenvalue weighted by Crippen LogP contribution is -2.42. The Morgan fingerprint density at radius 1 is 1.48 bits per heavy atom. The van der Waals surface area contributed by atoms with Crippen molar-refractivity contribution < 1.29 is 12.8 Å². The van der Waals surface area contributed by atoms with E-state index >= 15 is 0 Å². The van der Waals surface area contributed by atoms with Gasteiger partial charge in [-0.1, -0.05) is 0 Å². The zero-order chi connectivity index (χ0) is 15.6. The van der Waals surface area contributed by atoms with Crippen LogP contribution in [0.15, 0.2) is 10.5 Å². The first-order chi connectivity index (χ1) is 9.77. The molecule has 120 valence electrons. The van der Waals surface area contributed by atoms with Crippen molar-refractivity contribution in [2.75, 3.05) is 25.9 Å². The molecule has 2 atom stereocenters. The molecule has 1 fully saturated rings. The summed E-state index contributed by atoms with van der Waals surface area (Å²) in [4.78, 5) is 0. The van der Waals surface area contributed by atoms with Crippen molar-refractivity contribution in [2.24, 2.45) is 5.92 Å². The van der Waals surface area contributed by atoms with Gasteiger partial charge in [-0.15, -0.1) is 0 Å². The molecule has 0 spiro atoms. The van der Waals surface area contributed by atoms with Gasteiger partial charge in [0.05, 0.1) is 6.26 Å². The van der Waals surface area contributed by atoms with Crippen LogP contribution in [0.3, 0.4) is 0 Å². The van der Waals surface area contributed by atoms with Crippen molar-refractivity contribution in [3.05, 3.63) is 23.2 Å². The van der Waals surface area contributed by atoms with Crippen LogP contribution in [0.4, 0.5) is 0 Å². The van der Waals surface area contributed by atoms with Crippen LogP contribution in [0.2, 0.25) is 0 Å². The molecule has 0 aliphatic carbocycles. The molecular formula is C15H26N2O3S. The molecular weight excluding hydrogens is 288 g/mol. The van der Waals surface area contributed by atoms with Crippen molar-refractivity contribution in [3.8, 4) is 0 Å². The molecule has 0 bridgehead atoms. The van der Waals surface area contributed by atoms with Crippen molar-refractivity contribution in [2.45, 2.75) is 39.7 Å². The summed E-state index contributed by atoms with van der Waals surface area (Å²) in [5.41, 5.74) is 1.18. The molecule has 0 amide bonds. The normalized spacial score (nSPS) is 22.4. The van der Waals surface area contributed by atoms with E-state index in [2.05, 4.69) is 18.3 Å². The number of nitrogens with one attached hydrogen (secondary N) is 1. The summed E-state index contributed by atoms with van der Waals surface area (Å²) in [5, 5.41) is 3.51. The molecule has 0 radical (unpaired) electrons. The highest BCUT2D eigenvalue weighted by Gasteiger charge is 2.26. The summed E-state index contributed by atoms with van der Waals surface area (Å²) < 4.78 is 30.4. The van der Waals surface area contributed by atoms with Gasteiger partial charge >= 0.3 is 0 Å². The summed E-state index contributed by atoms with van der Waals surface area (Å²) in [6, 6.07) is 2.28. The van der Waals surface area contributed by atoms with E-state index in [9.17, 15) is 8.42 Å². The lowest BCUT2D eigenvalue weighted by Gasteiger charge is -2.31. The fourth-order valence-corrected chi connectivity index (χ4v) is 3.97. The number of piperidine rings is 1. The Kier molecular flexibility index (Phi) is 5.11. The highest BCUT2D eigenvalue weighted by atomic mass is 32.2. The standard InChI is InChI=1S/C15H26N2O3S/c1-11-8-15(13(3)20-11)12(2)16-9-14-6-5-7-17(10-14)21(4,18)19/h8,12,14,16H,5-7,9-10H2,1-4H3. The number of rotatable bonds is 5. The Balaban J connectivity index is 1.89. The second kappa shape index (κ2) is 6.50. The van der Waals surface area contributed by atoms with E-state index in [1.54, 1.807) is 4.31 Å². The lowest BCUT2D eigenvalue weighted by molar-refractivity contribution is 0.256. The second-order valence-electron chi connectivity index (χ2n) is 6.13. The molecule has 2 heterocycles. The van der Waals surface area contributed by atoms with E-state index < -0.39 is 10.0 Å². The van der Waals surface area contributed by atoms with E-state index in [-0.39, 0.29) is 6.04 Å². The van der Waals surface area contributed by atoms with Gasteiger partial charge in [0, 0.05) is 24.7 Å². The van der Waals surface area contributed by atoms with Gasteiger partial charge in [0.25, 0.3) is 0 Å². The van der Waals surface area contributed by atoms with Crippen LogP contribution < -0.4 is 5.32 Å². The van der Waals surface area contributed by atoms with E-state index in [0.717, 1.165) is 30.9 Å². The predicted octanol–water partition coefficient (Wildman–Crippen LogP) is 2.22. The number of furan rings is 1. The van der Waals surface area contributed by atoms with Crippen molar-refractivity contribution in [1.29, 1.82) is 0 Å². The first kappa shape index (κ1) is 16.5. The highest BCUT2D eigenvalue weighted by Crippen LogP contribution is 2.23. The third-order valence-electron chi connectivity index (χ3n) is 4.21. The van der Waals surface area contributed by atoms with Gasteiger partial charge in [-0.2, -0.15) is 0 Å². The minimum atomic E-state index is -3.06. The Bertz CT molecular complexity index is 580. The Labute approximate surface area is 127 Å². The summed E-state index contributed by atoms with van der Waals surface area (Å²) in [6.45, 7) is 8.17. The van der Waals surface area contributed by atoms with Crippen LogP contribution in [0.5, 0.6) is 0 Å². The number of aryl methyl sites for hydroxylation is 2. The van der Waals surface area contributed by atoms with Crippen LogP contribution in [0, 0.1) is 19.8 Å². The molecule has 2 unspecified atom stereocenters. The molecule has 1 aromatic rings. The second-order valence-corrected chi connectivity index (χ2v) is 8.11. The highest BCUT2D eigenvalue weighted by molar-refractivity contribution is 7.88. The number of hydrogen-bond donors (Lipinski definition) is 1. The van der Waals surface area contributed by atoms with Crippen LogP contribution in [0.1, 0.15) is 42.9 Å². The Morgan fingerprint density at radius 2 is 2.19 bits per heavy atom. The summed E-state index contributed by atoms with van der Waals surface area (Å²) in [7, 11) is -3.06. The van der Waals surface area contributed by atoms with E-state index in [0.29, 0.717) is 19.0 Å². The third-order valence-corrected chi connectivity index (χ3v) is 5.48. The van der Waals surface area contributed by atoms with Crippen LogP contribution >= 0.6 is 0 Å². The van der Waals surface area contributed by atoms with Crippen LogP contribution in [0.25, 0.3) is 0 Å². The average Bonchev–Trinajstić information content (AvgIpc) is 2.74. The Morgan fingerprint density at radius 3 is 2.76 bits per heavy atom. The summed E-state index contributed by atoms with van der Waals surface area (Å²) >= 11 is 0. The summed E-state index contributed by atoms with van der Waals surface area (Å²) in [5.74, 6) is 2.26. The fourth-order valence-electron chi connectivity index (χ4n) is 3.03. The van der Waals surface area contributed by atoms with Crippen LogP contribution in [-0.4, -0.2) is 38.6 Å².